The average molecular weight is 337 g/mol. The van der Waals surface area contributed by atoms with Crippen LogP contribution in [0.5, 0.6) is 0 Å². The van der Waals surface area contributed by atoms with Gasteiger partial charge in [0.2, 0.25) is 5.91 Å². The third kappa shape index (κ3) is 9.27. The van der Waals surface area contributed by atoms with Crippen molar-refractivity contribution < 1.29 is 23.8 Å². The molecule has 6 nitrogen and oxygen atoms in total. The van der Waals surface area contributed by atoms with Crippen molar-refractivity contribution >= 4 is 11.9 Å². The Kier molecular flexibility index (Phi) is 10.5. The minimum Gasteiger partial charge on any atom is -0.461 e. The van der Waals surface area contributed by atoms with E-state index in [1.807, 2.05) is 30.3 Å². The van der Waals surface area contributed by atoms with Crippen molar-refractivity contribution in [2.24, 2.45) is 0 Å². The normalized spacial score (nSPS) is 11.8. The van der Waals surface area contributed by atoms with Gasteiger partial charge in [-0.05, 0) is 25.3 Å². The number of methoxy groups -OCH3 is 1. The lowest BCUT2D eigenvalue weighted by atomic mass is 10.2. The van der Waals surface area contributed by atoms with Crippen LogP contribution in [0.4, 0.5) is 0 Å². The van der Waals surface area contributed by atoms with E-state index in [1.165, 1.54) is 0 Å². The molecule has 0 unspecified atom stereocenters. The van der Waals surface area contributed by atoms with Crippen molar-refractivity contribution in [3.05, 3.63) is 35.9 Å². The van der Waals surface area contributed by atoms with Crippen LogP contribution >= 0.6 is 0 Å². The first kappa shape index (κ1) is 20.1. The van der Waals surface area contributed by atoms with Crippen LogP contribution in [0.25, 0.3) is 0 Å². The number of rotatable bonds is 12. The maximum Gasteiger partial charge on any atom is 0.306 e. The molecular formula is C18H27NO5. The molecule has 24 heavy (non-hydrogen) atoms. The summed E-state index contributed by atoms with van der Waals surface area (Å²) >= 11 is 0. The Labute approximate surface area is 143 Å². The number of carbonyl (C=O) groups excluding carboxylic acids is 2. The smallest absolute Gasteiger partial charge is 0.306 e. The summed E-state index contributed by atoms with van der Waals surface area (Å²) < 4.78 is 15.3. The van der Waals surface area contributed by atoms with Gasteiger partial charge in [-0.3, -0.25) is 9.59 Å². The van der Waals surface area contributed by atoms with E-state index in [0.29, 0.717) is 39.2 Å². The highest BCUT2D eigenvalue weighted by Crippen LogP contribution is 2.03. The fraction of sp³-hybridized carbons (Fsp3) is 0.556. The highest BCUT2D eigenvalue weighted by Gasteiger charge is 2.12. The number of unbranched alkanes of at least 4 members (excludes halogenated alkanes) is 1. The molecule has 0 saturated carbocycles. The van der Waals surface area contributed by atoms with Crippen LogP contribution in [0.1, 0.15) is 31.7 Å². The summed E-state index contributed by atoms with van der Waals surface area (Å²) in [6.45, 7) is 3.36. The van der Waals surface area contributed by atoms with Crippen LogP contribution in [-0.4, -0.2) is 44.8 Å². The van der Waals surface area contributed by atoms with Crippen LogP contribution < -0.4 is 5.32 Å². The number of amides is 1. The SMILES string of the molecule is COCCO[C@@H](C)C(=O)NCCCCC(=O)OCc1ccccc1. The van der Waals surface area contributed by atoms with Gasteiger partial charge in [-0.2, -0.15) is 0 Å². The first-order valence-electron chi connectivity index (χ1n) is 8.21. The fourth-order valence-electron chi connectivity index (χ4n) is 1.94. The van der Waals surface area contributed by atoms with E-state index >= 15 is 0 Å². The van der Waals surface area contributed by atoms with E-state index < -0.39 is 6.10 Å². The number of nitrogens with one attached hydrogen (secondary N) is 1. The van der Waals surface area contributed by atoms with Crippen LogP contribution in [0.3, 0.4) is 0 Å². The van der Waals surface area contributed by atoms with Gasteiger partial charge in [0.05, 0.1) is 13.2 Å². The Morgan fingerprint density at radius 3 is 2.58 bits per heavy atom. The van der Waals surface area contributed by atoms with Crippen LogP contribution in [0.15, 0.2) is 30.3 Å². The fourth-order valence-corrected chi connectivity index (χ4v) is 1.94. The van der Waals surface area contributed by atoms with E-state index in [-0.39, 0.29) is 11.9 Å². The lowest BCUT2D eigenvalue weighted by Crippen LogP contribution is -2.35. The first-order chi connectivity index (χ1) is 11.6. The molecule has 134 valence electrons. The Morgan fingerprint density at radius 2 is 1.88 bits per heavy atom. The summed E-state index contributed by atoms with van der Waals surface area (Å²) in [5, 5.41) is 2.78. The number of hydrogen-bond donors (Lipinski definition) is 1. The highest BCUT2D eigenvalue weighted by atomic mass is 16.5. The molecule has 0 saturated heterocycles. The molecule has 0 bridgehead atoms. The van der Waals surface area contributed by atoms with Crippen molar-refractivity contribution in [2.45, 2.75) is 38.9 Å². The highest BCUT2D eigenvalue weighted by molar-refractivity contribution is 5.80. The molecule has 0 aliphatic heterocycles. The zero-order valence-electron chi connectivity index (χ0n) is 14.5. The molecule has 1 aromatic rings. The number of benzene rings is 1. The molecule has 0 heterocycles. The van der Waals surface area contributed by atoms with Crippen molar-refractivity contribution in [1.82, 2.24) is 5.32 Å². The molecular weight excluding hydrogens is 310 g/mol. The minimum absolute atomic E-state index is 0.155. The minimum atomic E-state index is -0.504. The lowest BCUT2D eigenvalue weighted by molar-refractivity contribution is -0.145. The van der Waals surface area contributed by atoms with Gasteiger partial charge in [0, 0.05) is 20.1 Å². The topological polar surface area (TPSA) is 73.9 Å². The van der Waals surface area contributed by atoms with Gasteiger partial charge in [-0.1, -0.05) is 30.3 Å². The zero-order valence-corrected chi connectivity index (χ0v) is 14.5. The third-order valence-electron chi connectivity index (χ3n) is 3.37. The first-order valence-corrected chi connectivity index (χ1v) is 8.21. The molecule has 0 aliphatic carbocycles. The molecule has 1 amide bonds. The number of carbonyl (C=O) groups is 2. The molecule has 1 rings (SSSR count). The van der Waals surface area contributed by atoms with E-state index in [2.05, 4.69) is 5.32 Å². The maximum atomic E-state index is 11.7. The van der Waals surface area contributed by atoms with E-state index in [0.717, 1.165) is 12.0 Å². The largest absolute Gasteiger partial charge is 0.461 e. The predicted molar refractivity (Wildman–Crippen MR) is 90.4 cm³/mol. The van der Waals surface area contributed by atoms with Gasteiger partial charge < -0.3 is 19.5 Å². The van der Waals surface area contributed by atoms with Gasteiger partial charge in [0.1, 0.15) is 12.7 Å². The number of esters is 1. The summed E-state index contributed by atoms with van der Waals surface area (Å²) in [7, 11) is 1.58. The Balaban J connectivity index is 2.02. The van der Waals surface area contributed by atoms with Gasteiger partial charge >= 0.3 is 5.97 Å². The van der Waals surface area contributed by atoms with Crippen LogP contribution in [0.2, 0.25) is 0 Å². The molecule has 1 atom stereocenters. The van der Waals surface area contributed by atoms with E-state index in [1.54, 1.807) is 14.0 Å². The lowest BCUT2D eigenvalue weighted by Gasteiger charge is -2.13. The Bertz CT molecular complexity index is 478. The van der Waals surface area contributed by atoms with Crippen LogP contribution in [-0.2, 0) is 30.4 Å². The second-order valence-corrected chi connectivity index (χ2v) is 5.40. The molecule has 0 aromatic heterocycles. The average Bonchev–Trinajstić information content (AvgIpc) is 2.60. The quantitative estimate of drug-likeness (QED) is 0.467. The van der Waals surface area contributed by atoms with E-state index in [4.69, 9.17) is 14.2 Å². The second-order valence-electron chi connectivity index (χ2n) is 5.40. The molecule has 0 spiro atoms. The molecule has 6 heteroatoms. The van der Waals surface area contributed by atoms with Crippen molar-refractivity contribution in [2.75, 3.05) is 26.9 Å². The van der Waals surface area contributed by atoms with Crippen molar-refractivity contribution in [1.29, 1.82) is 0 Å². The van der Waals surface area contributed by atoms with Gasteiger partial charge in [-0.25, -0.2) is 0 Å². The summed E-state index contributed by atoms with van der Waals surface area (Å²) in [6.07, 6.45) is 1.24. The predicted octanol–water partition coefficient (Wildman–Crippen LogP) is 2.07. The number of hydrogen-bond acceptors (Lipinski definition) is 5. The second kappa shape index (κ2) is 12.5. The molecule has 0 aliphatic rings. The van der Waals surface area contributed by atoms with Crippen molar-refractivity contribution in [3.63, 3.8) is 0 Å². The Morgan fingerprint density at radius 1 is 1.12 bits per heavy atom. The molecule has 0 radical (unpaired) electrons. The third-order valence-corrected chi connectivity index (χ3v) is 3.37. The van der Waals surface area contributed by atoms with Crippen LogP contribution in [0, 0.1) is 0 Å². The Hall–Kier alpha value is -1.92. The summed E-state index contributed by atoms with van der Waals surface area (Å²) in [5.41, 5.74) is 0.973. The molecule has 1 N–H and O–H groups in total. The molecule has 1 aromatic carbocycles. The van der Waals surface area contributed by atoms with E-state index in [9.17, 15) is 9.59 Å². The van der Waals surface area contributed by atoms with Crippen molar-refractivity contribution in [3.8, 4) is 0 Å². The summed E-state index contributed by atoms with van der Waals surface area (Å²) in [4.78, 5) is 23.4. The molecule has 0 fully saturated rings. The zero-order chi connectivity index (χ0) is 17.6. The van der Waals surface area contributed by atoms with Gasteiger partial charge in [0.25, 0.3) is 0 Å². The summed E-state index contributed by atoms with van der Waals surface area (Å²) in [6, 6.07) is 9.57. The monoisotopic (exact) mass is 337 g/mol. The summed E-state index contributed by atoms with van der Waals surface area (Å²) in [5.74, 6) is -0.376. The van der Waals surface area contributed by atoms with Gasteiger partial charge in [-0.15, -0.1) is 0 Å². The maximum absolute atomic E-state index is 11.7. The van der Waals surface area contributed by atoms with Gasteiger partial charge in [0.15, 0.2) is 0 Å². The standard InChI is InChI=1S/C18H27NO5/c1-15(23-13-12-22-2)18(21)19-11-7-6-10-17(20)24-14-16-8-4-3-5-9-16/h3-5,8-9,15H,6-7,10-14H2,1-2H3,(H,19,21)/t15-/m0/s1. The number of ether oxygens (including phenoxy) is 3.